The molecular weight excluding hydrogens is 488 g/mol. The summed E-state index contributed by atoms with van der Waals surface area (Å²) in [6, 6.07) is 9.61. The first kappa shape index (κ1) is 31.5. The van der Waals surface area contributed by atoms with E-state index in [1.165, 1.54) is 0 Å². The molecule has 10 heteroatoms. The van der Waals surface area contributed by atoms with Crippen LogP contribution < -0.4 is 5.32 Å². The molecule has 1 saturated heterocycles. The third kappa shape index (κ3) is 13.7. The van der Waals surface area contributed by atoms with E-state index in [4.69, 9.17) is 14.2 Å². The second-order valence-corrected chi connectivity index (χ2v) is 11.5. The number of carbonyl (C=O) groups excluding carboxylic acids is 3. The highest BCUT2D eigenvalue weighted by Gasteiger charge is 2.24. The average Bonchev–Trinajstić information content (AvgIpc) is 2.91. The zero-order chi connectivity index (χ0) is 28.2. The van der Waals surface area contributed by atoms with Gasteiger partial charge in [0.1, 0.15) is 17.8 Å². The van der Waals surface area contributed by atoms with Crippen molar-refractivity contribution in [2.75, 3.05) is 65.4 Å². The largest absolute Gasteiger partial charge is 0.459 e. The molecule has 0 atom stereocenters. The lowest BCUT2D eigenvalue weighted by Crippen LogP contribution is -2.45. The molecule has 38 heavy (non-hydrogen) atoms. The van der Waals surface area contributed by atoms with Gasteiger partial charge in [0, 0.05) is 52.4 Å². The van der Waals surface area contributed by atoms with Gasteiger partial charge in [-0.05, 0) is 47.1 Å². The number of rotatable bonds is 9. The van der Waals surface area contributed by atoms with Crippen LogP contribution in [-0.4, -0.2) is 109 Å². The highest BCUT2D eigenvalue weighted by molar-refractivity contribution is 5.75. The number of benzene rings is 1. The molecule has 0 spiro atoms. The molecule has 1 fully saturated rings. The monoisotopic (exact) mass is 534 g/mol. The number of hydrogen-bond donors (Lipinski definition) is 1. The molecule has 0 unspecified atom stereocenters. The van der Waals surface area contributed by atoms with Gasteiger partial charge in [0.25, 0.3) is 0 Å². The summed E-state index contributed by atoms with van der Waals surface area (Å²) < 4.78 is 16.5. The van der Waals surface area contributed by atoms with Crippen LogP contribution in [0, 0.1) is 0 Å². The van der Waals surface area contributed by atoms with Crippen molar-refractivity contribution >= 4 is 18.0 Å². The van der Waals surface area contributed by atoms with Gasteiger partial charge in [-0.2, -0.15) is 0 Å². The Balaban J connectivity index is 1.95. The zero-order valence-electron chi connectivity index (χ0n) is 24.0. The van der Waals surface area contributed by atoms with Crippen LogP contribution in [0.5, 0.6) is 0 Å². The van der Waals surface area contributed by atoms with Crippen molar-refractivity contribution in [2.45, 2.75) is 59.4 Å². The van der Waals surface area contributed by atoms with Crippen LogP contribution in [0.15, 0.2) is 30.3 Å². The van der Waals surface area contributed by atoms with Crippen LogP contribution in [0.25, 0.3) is 0 Å². The Hall–Kier alpha value is -2.69. The lowest BCUT2D eigenvalue weighted by Gasteiger charge is -2.29. The summed E-state index contributed by atoms with van der Waals surface area (Å²) in [4.78, 5) is 43.5. The maximum atomic E-state index is 12.7. The minimum atomic E-state index is -0.611. The van der Waals surface area contributed by atoms with E-state index in [2.05, 4.69) is 10.2 Å². The van der Waals surface area contributed by atoms with Crippen LogP contribution in [-0.2, 0) is 30.4 Å². The molecule has 214 valence electrons. The van der Waals surface area contributed by atoms with Crippen LogP contribution >= 0.6 is 0 Å². The first-order valence-electron chi connectivity index (χ1n) is 13.4. The van der Waals surface area contributed by atoms with E-state index in [-0.39, 0.29) is 37.7 Å². The second-order valence-electron chi connectivity index (χ2n) is 11.5. The van der Waals surface area contributed by atoms with E-state index in [1.807, 2.05) is 71.9 Å². The first-order valence-corrected chi connectivity index (χ1v) is 13.4. The van der Waals surface area contributed by atoms with Gasteiger partial charge in [0.05, 0.1) is 13.1 Å². The number of esters is 2. The standard InChI is InChI=1S/C28H46N4O6/c1-27(2,3)37-24(33)20-31(21-25(34)38-28(4,5)6)17-16-30-14-12-29-13-15-32(19-18-30)26(35)36-22-23-10-8-7-9-11-23/h7-11,29H,12-22H2,1-6H3. The van der Waals surface area contributed by atoms with E-state index >= 15 is 0 Å². The van der Waals surface area contributed by atoms with E-state index in [0.717, 1.165) is 18.7 Å². The molecule has 1 N–H and O–H groups in total. The molecule has 0 saturated carbocycles. The predicted molar refractivity (Wildman–Crippen MR) is 146 cm³/mol. The number of ether oxygens (including phenoxy) is 3. The van der Waals surface area contributed by atoms with Gasteiger partial charge < -0.3 is 24.4 Å². The number of amides is 1. The van der Waals surface area contributed by atoms with Crippen molar-refractivity contribution in [1.29, 1.82) is 0 Å². The van der Waals surface area contributed by atoms with Gasteiger partial charge in [0.2, 0.25) is 0 Å². The number of nitrogens with one attached hydrogen (secondary N) is 1. The summed E-state index contributed by atoms with van der Waals surface area (Å²) in [5, 5.41) is 3.37. The SMILES string of the molecule is CC(C)(C)OC(=O)CN(CCN1CCNCCN(C(=O)OCc2ccccc2)CC1)CC(=O)OC(C)(C)C. The van der Waals surface area contributed by atoms with Crippen molar-refractivity contribution in [3.63, 3.8) is 0 Å². The maximum Gasteiger partial charge on any atom is 0.410 e. The van der Waals surface area contributed by atoms with Gasteiger partial charge in [0.15, 0.2) is 0 Å². The average molecular weight is 535 g/mol. The molecule has 0 aliphatic carbocycles. The van der Waals surface area contributed by atoms with Crippen molar-refractivity contribution in [3.05, 3.63) is 35.9 Å². The van der Waals surface area contributed by atoms with E-state index in [1.54, 1.807) is 9.80 Å². The van der Waals surface area contributed by atoms with Crippen molar-refractivity contribution in [3.8, 4) is 0 Å². The maximum absolute atomic E-state index is 12.7. The summed E-state index contributed by atoms with van der Waals surface area (Å²) in [5.41, 5.74) is -0.277. The fraction of sp³-hybridized carbons (Fsp3) is 0.679. The Kier molecular flexibility index (Phi) is 12.5. The summed E-state index contributed by atoms with van der Waals surface area (Å²) >= 11 is 0. The van der Waals surface area contributed by atoms with Crippen LogP contribution in [0.2, 0.25) is 0 Å². The molecule has 1 aromatic rings. The lowest BCUT2D eigenvalue weighted by molar-refractivity contribution is -0.159. The molecule has 2 rings (SSSR count). The fourth-order valence-electron chi connectivity index (χ4n) is 3.89. The predicted octanol–water partition coefficient (Wildman–Crippen LogP) is 2.52. The van der Waals surface area contributed by atoms with E-state index < -0.39 is 11.2 Å². The summed E-state index contributed by atoms with van der Waals surface area (Å²) in [6.07, 6.45) is -0.339. The van der Waals surface area contributed by atoms with Gasteiger partial charge in [-0.15, -0.1) is 0 Å². The van der Waals surface area contributed by atoms with Crippen molar-refractivity contribution < 1.29 is 28.6 Å². The molecule has 10 nitrogen and oxygen atoms in total. The normalized spacial score (nSPS) is 15.8. The second kappa shape index (κ2) is 15.0. The van der Waals surface area contributed by atoms with Gasteiger partial charge in [-0.25, -0.2) is 4.79 Å². The van der Waals surface area contributed by atoms with Gasteiger partial charge in [-0.1, -0.05) is 30.3 Å². The first-order chi connectivity index (χ1) is 17.8. The molecule has 1 aromatic carbocycles. The number of hydrogen-bond acceptors (Lipinski definition) is 9. The molecule has 0 aromatic heterocycles. The third-order valence-corrected chi connectivity index (χ3v) is 5.59. The topological polar surface area (TPSA) is 101 Å². The molecule has 1 amide bonds. The van der Waals surface area contributed by atoms with Gasteiger partial charge >= 0.3 is 18.0 Å². The lowest BCUT2D eigenvalue weighted by atomic mass is 10.2. The summed E-state index contributed by atoms with van der Waals surface area (Å²) in [5.74, 6) is -0.779. The van der Waals surface area contributed by atoms with E-state index in [0.29, 0.717) is 39.3 Å². The highest BCUT2D eigenvalue weighted by Crippen LogP contribution is 2.10. The Morgan fingerprint density at radius 3 is 2.00 bits per heavy atom. The number of carbonyl (C=O) groups is 3. The Morgan fingerprint density at radius 1 is 0.842 bits per heavy atom. The Morgan fingerprint density at radius 2 is 1.42 bits per heavy atom. The number of nitrogens with zero attached hydrogens (tertiary/aromatic N) is 3. The van der Waals surface area contributed by atoms with Crippen LogP contribution in [0.4, 0.5) is 4.79 Å². The van der Waals surface area contributed by atoms with Crippen LogP contribution in [0.1, 0.15) is 47.1 Å². The molecule has 1 heterocycles. The van der Waals surface area contributed by atoms with Gasteiger partial charge in [-0.3, -0.25) is 19.4 Å². The Bertz CT molecular complexity index is 852. The molecular formula is C28H46N4O6. The smallest absolute Gasteiger partial charge is 0.410 e. The van der Waals surface area contributed by atoms with Crippen molar-refractivity contribution in [1.82, 2.24) is 20.0 Å². The molecule has 1 aliphatic heterocycles. The fourth-order valence-corrected chi connectivity index (χ4v) is 3.89. The molecule has 1 aliphatic rings. The minimum Gasteiger partial charge on any atom is -0.459 e. The quantitative estimate of drug-likeness (QED) is 0.378. The summed E-state index contributed by atoms with van der Waals surface area (Å²) in [7, 11) is 0. The molecule has 0 bridgehead atoms. The van der Waals surface area contributed by atoms with Crippen molar-refractivity contribution in [2.24, 2.45) is 0 Å². The summed E-state index contributed by atoms with van der Waals surface area (Å²) in [6.45, 7) is 16.1. The Labute approximate surface area is 227 Å². The van der Waals surface area contributed by atoms with E-state index in [9.17, 15) is 14.4 Å². The highest BCUT2D eigenvalue weighted by atomic mass is 16.6. The molecule has 0 radical (unpaired) electrons. The third-order valence-electron chi connectivity index (χ3n) is 5.59. The zero-order valence-corrected chi connectivity index (χ0v) is 24.0. The minimum absolute atomic E-state index is 0.0134. The van der Waals surface area contributed by atoms with Crippen LogP contribution in [0.3, 0.4) is 0 Å².